The van der Waals surface area contributed by atoms with Crippen LogP contribution in [0.15, 0.2) is 47.8 Å². The monoisotopic (exact) mass is 399 g/mol. The van der Waals surface area contributed by atoms with E-state index < -0.39 is 17.7 Å². The first-order chi connectivity index (χ1) is 12.3. The molecule has 1 aromatic carbocycles. The predicted molar refractivity (Wildman–Crippen MR) is 95.1 cm³/mol. The summed E-state index contributed by atoms with van der Waals surface area (Å²) in [7, 11) is 0. The number of alkyl halides is 3. The Balaban J connectivity index is 2.16. The van der Waals surface area contributed by atoms with Gasteiger partial charge in [0.1, 0.15) is 0 Å². The van der Waals surface area contributed by atoms with Crippen LogP contribution in [0.25, 0.3) is 16.3 Å². The van der Waals surface area contributed by atoms with Crippen LogP contribution in [0.5, 0.6) is 0 Å². The van der Waals surface area contributed by atoms with Crippen molar-refractivity contribution in [2.24, 2.45) is 0 Å². The number of benzene rings is 1. The summed E-state index contributed by atoms with van der Waals surface area (Å²) < 4.78 is 41.3. The molecule has 3 aromatic rings. The largest absolute Gasteiger partial charge is 0.481 e. The summed E-state index contributed by atoms with van der Waals surface area (Å²) in [4.78, 5) is 11.8. The lowest BCUT2D eigenvalue weighted by molar-refractivity contribution is -0.138. The normalized spacial score (nSPS) is 11.7. The molecule has 136 valence electrons. The lowest BCUT2D eigenvalue weighted by Gasteiger charge is -2.16. The van der Waals surface area contributed by atoms with Crippen LogP contribution in [-0.2, 0) is 17.4 Å². The molecular weight excluding hydrogens is 387 g/mol. The highest BCUT2D eigenvalue weighted by Crippen LogP contribution is 2.37. The van der Waals surface area contributed by atoms with E-state index in [0.29, 0.717) is 11.4 Å². The van der Waals surface area contributed by atoms with E-state index in [1.165, 1.54) is 23.5 Å². The molecule has 0 spiro atoms. The summed E-state index contributed by atoms with van der Waals surface area (Å²) in [5.74, 6) is -0.970. The average Bonchev–Trinajstić information content (AvgIpc) is 3.21. The number of halogens is 4. The highest BCUT2D eigenvalue weighted by Gasteiger charge is 2.33. The zero-order valence-corrected chi connectivity index (χ0v) is 14.8. The minimum atomic E-state index is -4.58. The first-order valence-corrected chi connectivity index (χ1v) is 8.86. The van der Waals surface area contributed by atoms with E-state index in [-0.39, 0.29) is 23.6 Å². The van der Waals surface area contributed by atoms with Crippen molar-refractivity contribution < 1.29 is 23.1 Å². The minimum absolute atomic E-state index is 0.117. The van der Waals surface area contributed by atoms with E-state index >= 15 is 0 Å². The van der Waals surface area contributed by atoms with Gasteiger partial charge >= 0.3 is 12.1 Å². The fraction of sp³-hybridized carbons (Fsp3) is 0.167. The zero-order chi connectivity index (χ0) is 18.9. The Bertz CT molecular complexity index is 933. The van der Waals surface area contributed by atoms with Gasteiger partial charge < -0.3 is 9.67 Å². The minimum Gasteiger partial charge on any atom is -0.481 e. The van der Waals surface area contributed by atoms with Crippen LogP contribution >= 0.6 is 22.9 Å². The molecule has 8 heteroatoms. The van der Waals surface area contributed by atoms with Crippen molar-refractivity contribution in [3.05, 3.63) is 64.1 Å². The van der Waals surface area contributed by atoms with Crippen LogP contribution in [0.1, 0.15) is 17.7 Å². The third-order valence-electron chi connectivity index (χ3n) is 3.84. The first kappa shape index (κ1) is 18.5. The summed E-state index contributed by atoms with van der Waals surface area (Å²) in [5, 5.41) is 10.4. The molecule has 3 rings (SSSR count). The van der Waals surface area contributed by atoms with Crippen molar-refractivity contribution >= 4 is 28.9 Å². The van der Waals surface area contributed by atoms with Gasteiger partial charge in [0.2, 0.25) is 0 Å². The second kappa shape index (κ2) is 7.17. The van der Waals surface area contributed by atoms with Crippen molar-refractivity contribution in [1.82, 2.24) is 4.57 Å². The smallest absolute Gasteiger partial charge is 0.417 e. The first-order valence-electron chi connectivity index (χ1n) is 7.61. The zero-order valence-electron chi connectivity index (χ0n) is 13.3. The molecule has 0 radical (unpaired) electrons. The molecule has 1 N–H and O–H groups in total. The maximum atomic E-state index is 13.2. The molecule has 2 heterocycles. The summed E-state index contributed by atoms with van der Waals surface area (Å²) in [6.07, 6.45) is -4.50. The number of hydrogen-bond donors (Lipinski definition) is 1. The van der Waals surface area contributed by atoms with E-state index in [4.69, 9.17) is 16.7 Å². The van der Waals surface area contributed by atoms with Gasteiger partial charge in [0.25, 0.3) is 0 Å². The number of carboxylic acids is 1. The van der Waals surface area contributed by atoms with Gasteiger partial charge in [0, 0.05) is 11.4 Å². The van der Waals surface area contributed by atoms with Crippen molar-refractivity contribution in [2.75, 3.05) is 0 Å². The van der Waals surface area contributed by atoms with Gasteiger partial charge in [0.05, 0.1) is 27.6 Å². The van der Waals surface area contributed by atoms with E-state index in [1.807, 2.05) is 17.5 Å². The molecule has 0 amide bonds. The highest BCUT2D eigenvalue weighted by atomic mass is 35.5. The molecule has 0 aliphatic carbocycles. The molecular formula is C18H13ClF3NO2S. The molecule has 0 fully saturated rings. The van der Waals surface area contributed by atoms with E-state index in [2.05, 4.69) is 0 Å². The van der Waals surface area contributed by atoms with Crippen molar-refractivity contribution in [1.29, 1.82) is 0 Å². The Morgan fingerprint density at radius 1 is 1.19 bits per heavy atom. The summed E-state index contributed by atoms with van der Waals surface area (Å²) in [5.41, 5.74) is 0.685. The molecule has 26 heavy (non-hydrogen) atoms. The fourth-order valence-corrected chi connectivity index (χ4v) is 3.67. The Labute approximate surface area is 156 Å². The molecule has 0 aliphatic rings. The molecule has 0 unspecified atom stereocenters. The Kier molecular flexibility index (Phi) is 5.11. The van der Waals surface area contributed by atoms with Gasteiger partial charge in [-0.3, -0.25) is 4.79 Å². The summed E-state index contributed by atoms with van der Waals surface area (Å²) in [6, 6.07) is 10.9. The molecule has 0 aliphatic heterocycles. The molecule has 3 nitrogen and oxygen atoms in total. The number of thiophene rings is 1. The summed E-state index contributed by atoms with van der Waals surface area (Å²) >= 11 is 7.17. The predicted octanol–water partition coefficient (Wildman–Crippen LogP) is 5.90. The second-order valence-electron chi connectivity index (χ2n) is 5.58. The number of hydrogen-bond acceptors (Lipinski definition) is 2. The third kappa shape index (κ3) is 3.78. The number of aromatic nitrogens is 1. The van der Waals surface area contributed by atoms with Gasteiger partial charge in [-0.2, -0.15) is 13.2 Å². The second-order valence-corrected chi connectivity index (χ2v) is 6.93. The molecule has 0 bridgehead atoms. The van der Waals surface area contributed by atoms with Gasteiger partial charge in [-0.15, -0.1) is 11.3 Å². The van der Waals surface area contributed by atoms with Crippen LogP contribution < -0.4 is 0 Å². The van der Waals surface area contributed by atoms with E-state index in [1.54, 1.807) is 16.7 Å². The SMILES string of the molecule is O=C(O)CCc1ccc(-c2cccs2)n1-c1ccc(Cl)c(C(F)(F)F)c1. The lowest BCUT2D eigenvalue weighted by atomic mass is 10.1. The fourth-order valence-electron chi connectivity index (χ4n) is 2.70. The number of rotatable bonds is 5. The lowest BCUT2D eigenvalue weighted by Crippen LogP contribution is -2.09. The van der Waals surface area contributed by atoms with Gasteiger partial charge in [0.15, 0.2) is 0 Å². The maximum absolute atomic E-state index is 13.2. The quantitative estimate of drug-likeness (QED) is 0.580. The molecule has 0 saturated carbocycles. The number of aryl methyl sites for hydroxylation is 1. The number of nitrogens with zero attached hydrogens (tertiary/aromatic N) is 1. The molecule has 2 aromatic heterocycles. The van der Waals surface area contributed by atoms with Crippen LogP contribution in [0.4, 0.5) is 13.2 Å². The van der Waals surface area contributed by atoms with Crippen molar-refractivity contribution in [3.63, 3.8) is 0 Å². The van der Waals surface area contributed by atoms with Crippen LogP contribution in [-0.4, -0.2) is 15.6 Å². The molecule has 0 saturated heterocycles. The Hall–Kier alpha value is -2.25. The standard InChI is InChI=1S/C18H13ClF3NO2S/c19-14-6-3-12(10-13(14)18(20,21)22)23-11(5-8-17(24)25)4-7-15(23)16-2-1-9-26-16/h1-4,6-7,9-10H,5,8H2,(H,24,25). The van der Waals surface area contributed by atoms with Crippen LogP contribution in [0.3, 0.4) is 0 Å². The van der Waals surface area contributed by atoms with Crippen molar-refractivity contribution in [2.45, 2.75) is 19.0 Å². The number of aliphatic carboxylic acids is 1. The van der Waals surface area contributed by atoms with Crippen LogP contribution in [0, 0.1) is 0 Å². The maximum Gasteiger partial charge on any atom is 0.417 e. The number of carboxylic acid groups (broad SMARTS) is 1. The van der Waals surface area contributed by atoms with Crippen LogP contribution in [0.2, 0.25) is 5.02 Å². The molecule has 0 atom stereocenters. The van der Waals surface area contributed by atoms with E-state index in [9.17, 15) is 18.0 Å². The average molecular weight is 400 g/mol. The highest BCUT2D eigenvalue weighted by molar-refractivity contribution is 7.13. The summed E-state index contributed by atoms with van der Waals surface area (Å²) in [6.45, 7) is 0. The number of carbonyl (C=O) groups is 1. The third-order valence-corrected chi connectivity index (χ3v) is 5.07. The van der Waals surface area contributed by atoms with Gasteiger partial charge in [-0.05, 0) is 48.2 Å². The van der Waals surface area contributed by atoms with E-state index in [0.717, 1.165) is 10.9 Å². The van der Waals surface area contributed by atoms with Gasteiger partial charge in [-0.25, -0.2) is 0 Å². The Morgan fingerprint density at radius 3 is 2.58 bits per heavy atom. The van der Waals surface area contributed by atoms with Crippen molar-refractivity contribution in [3.8, 4) is 16.3 Å². The topological polar surface area (TPSA) is 42.2 Å². The Morgan fingerprint density at radius 2 is 1.96 bits per heavy atom. The van der Waals surface area contributed by atoms with Gasteiger partial charge in [-0.1, -0.05) is 17.7 Å².